The summed E-state index contributed by atoms with van der Waals surface area (Å²) in [4.78, 5) is 26.2. The Balaban J connectivity index is 1.90. The van der Waals surface area contributed by atoms with Crippen molar-refractivity contribution >= 4 is 11.9 Å². The van der Waals surface area contributed by atoms with Gasteiger partial charge in [0, 0.05) is 44.6 Å². The molecule has 0 aromatic heterocycles. The van der Waals surface area contributed by atoms with E-state index in [9.17, 15) is 73.8 Å². The molecule has 1 amide bonds. The van der Waals surface area contributed by atoms with Crippen molar-refractivity contribution in [2.24, 2.45) is 17.6 Å². The Morgan fingerprint density at radius 1 is 0.746 bits per heavy atom. The molecule has 2 fully saturated rings. The Morgan fingerprint density at radius 2 is 1.35 bits per heavy atom. The van der Waals surface area contributed by atoms with Crippen molar-refractivity contribution in [3.63, 3.8) is 0 Å². The van der Waals surface area contributed by atoms with Crippen LogP contribution in [0.2, 0.25) is 0 Å². The van der Waals surface area contributed by atoms with Crippen molar-refractivity contribution < 1.29 is 97.5 Å². The summed E-state index contributed by atoms with van der Waals surface area (Å²) in [6, 6.07) is -1.18. The van der Waals surface area contributed by atoms with Gasteiger partial charge in [-0.25, -0.2) is 0 Å². The zero-order valence-corrected chi connectivity index (χ0v) is 40.1. The summed E-state index contributed by atoms with van der Waals surface area (Å²) in [5.74, 6) is -5.81. The van der Waals surface area contributed by atoms with Gasteiger partial charge in [-0.1, -0.05) is 92.0 Å². The van der Waals surface area contributed by atoms with Crippen molar-refractivity contribution in [1.82, 2.24) is 5.32 Å². The monoisotopic (exact) mass is 1020 g/mol. The average molecular weight is 1020 g/mol. The molecular weight excluding hydrogens is 946 g/mol. The van der Waals surface area contributed by atoms with Crippen LogP contribution in [0.25, 0.3) is 0 Å². The van der Waals surface area contributed by atoms with Gasteiger partial charge < -0.3 is 81.1 Å². The van der Waals surface area contributed by atoms with Gasteiger partial charge >= 0.3 is 12.3 Å². The number of aliphatic hydroxyl groups excluding tert-OH is 9. The van der Waals surface area contributed by atoms with Gasteiger partial charge in [-0.3, -0.25) is 14.3 Å². The lowest BCUT2D eigenvalue weighted by molar-refractivity contribution is -0.324. The molecule has 0 radical (unpaired) electrons. The van der Waals surface area contributed by atoms with Crippen LogP contribution in [0.4, 0.5) is 13.2 Å². The molecule has 0 spiro atoms. The molecule has 404 valence electrons. The molecule has 0 aromatic carbocycles. The Bertz CT molecular complexity index is 1800. The van der Waals surface area contributed by atoms with Gasteiger partial charge in [-0.05, 0) is 32.6 Å². The van der Waals surface area contributed by atoms with Gasteiger partial charge in [0.25, 0.3) is 0 Å². The number of fused-ring (bicyclic) bond motifs is 2. The van der Waals surface area contributed by atoms with Gasteiger partial charge in [0.1, 0.15) is 12.2 Å². The van der Waals surface area contributed by atoms with E-state index in [1.165, 1.54) is 6.08 Å². The van der Waals surface area contributed by atoms with Crippen LogP contribution in [-0.2, 0) is 33.3 Å². The molecule has 3 heterocycles. The normalized spacial score (nSPS) is 40.8. The minimum atomic E-state index is -4.90. The Hall–Kier alpha value is -3.69. The molecule has 0 saturated carbocycles. The fourth-order valence-electron chi connectivity index (χ4n) is 8.10. The van der Waals surface area contributed by atoms with Crippen LogP contribution < -0.4 is 11.1 Å². The van der Waals surface area contributed by atoms with Gasteiger partial charge in [0.2, 0.25) is 5.91 Å². The summed E-state index contributed by atoms with van der Waals surface area (Å²) in [7, 11) is 0. The van der Waals surface area contributed by atoms with Gasteiger partial charge in [-0.15, -0.1) is 13.2 Å². The fraction of sp³-hybridized carbons (Fsp3) is 0.673. The minimum absolute atomic E-state index is 0.127. The second-order valence-electron chi connectivity index (χ2n) is 18.3. The van der Waals surface area contributed by atoms with E-state index >= 15 is 0 Å². The molecule has 3 aliphatic heterocycles. The number of carbonyl (C=O) groups is 2. The summed E-state index contributed by atoms with van der Waals surface area (Å²) in [5.41, 5.74) is 5.97. The summed E-state index contributed by atoms with van der Waals surface area (Å²) in [6.07, 6.45) is -1.84. The van der Waals surface area contributed by atoms with Gasteiger partial charge in [-0.2, -0.15) is 0 Å². The summed E-state index contributed by atoms with van der Waals surface area (Å²) < 4.78 is 64.5. The van der Waals surface area contributed by atoms with Gasteiger partial charge in [0.15, 0.2) is 12.1 Å². The fourth-order valence-corrected chi connectivity index (χ4v) is 8.10. The summed E-state index contributed by atoms with van der Waals surface area (Å²) in [6.45, 7) is 2.00. The minimum Gasteiger partial charge on any atom is -0.462 e. The molecule has 22 heteroatoms. The summed E-state index contributed by atoms with van der Waals surface area (Å²) >= 11 is 0. The van der Waals surface area contributed by atoms with E-state index in [2.05, 4.69) is 10.1 Å². The van der Waals surface area contributed by atoms with E-state index < -0.39 is 148 Å². The molecule has 3 rings (SSSR count). The lowest BCUT2D eigenvalue weighted by Crippen LogP contribution is -2.59. The smallest absolute Gasteiger partial charge is 0.462 e. The Morgan fingerprint density at radius 3 is 1.97 bits per heavy atom. The van der Waals surface area contributed by atoms with E-state index in [0.717, 1.165) is 0 Å². The van der Waals surface area contributed by atoms with Gasteiger partial charge in [0.05, 0.1) is 92.6 Å². The summed E-state index contributed by atoms with van der Waals surface area (Å²) in [5, 5.41) is 111. The maximum Gasteiger partial charge on any atom is 0.522 e. The SMILES string of the molecule is C[C@H]1C[C@H](O)[C@@H](C)/C=C/C=C/C=C/C=C/C=C/C=C/C=C/[C@H](O[C@@H]2OC[C@@H](O)[C@H](N)[C@@H]2O)C[C@@H]2O[C@](O)(CC(O)CC(O)C(O)CCC(O)CC(O)CC(=O)O1)C[C@H](O)[C@H]2C(=O)NCCCOC(F)(F)F. The molecule has 13 N–H and O–H groups in total. The maximum absolute atomic E-state index is 13.6. The molecule has 0 aromatic rings. The second kappa shape index (κ2) is 31.1. The number of aliphatic hydroxyl groups is 10. The number of rotatable bonds is 7. The predicted octanol–water partition coefficient (Wildman–Crippen LogP) is 1.04. The van der Waals surface area contributed by atoms with Crippen LogP contribution in [0.5, 0.6) is 0 Å². The molecule has 71 heavy (non-hydrogen) atoms. The molecule has 17 atom stereocenters. The highest BCUT2D eigenvalue weighted by atomic mass is 19.4. The Labute approximate surface area is 412 Å². The van der Waals surface area contributed by atoms with Crippen LogP contribution in [0.1, 0.15) is 78.1 Å². The third kappa shape index (κ3) is 23.8. The number of esters is 1. The van der Waals surface area contributed by atoms with E-state index in [-0.39, 0.29) is 57.6 Å². The zero-order chi connectivity index (χ0) is 52.7. The number of ether oxygens (including phenoxy) is 5. The number of alkyl halides is 3. The number of halogens is 3. The molecule has 0 aliphatic carbocycles. The number of hydrogen-bond acceptors (Lipinski definition) is 18. The Kier molecular flexibility index (Phi) is 27.0. The van der Waals surface area contributed by atoms with Crippen molar-refractivity contribution in [1.29, 1.82) is 0 Å². The average Bonchev–Trinajstić information content (AvgIpc) is 3.26. The molecule has 19 nitrogen and oxygen atoms in total. The molecule has 3 aliphatic rings. The third-order valence-corrected chi connectivity index (χ3v) is 12.0. The first kappa shape index (κ1) is 61.6. The van der Waals surface area contributed by atoms with Crippen LogP contribution in [0.15, 0.2) is 85.1 Å². The predicted molar refractivity (Wildman–Crippen MR) is 250 cm³/mol. The number of cyclic esters (lactones) is 1. The lowest BCUT2D eigenvalue weighted by atomic mass is 9.82. The first-order chi connectivity index (χ1) is 33.5. The highest BCUT2D eigenvalue weighted by Crippen LogP contribution is 2.38. The molecular formula is C49H75F3N2O17. The molecule has 2 saturated heterocycles. The highest BCUT2D eigenvalue weighted by Gasteiger charge is 2.50. The maximum atomic E-state index is 13.6. The van der Waals surface area contributed by atoms with E-state index in [1.54, 1.807) is 92.8 Å². The van der Waals surface area contributed by atoms with Crippen molar-refractivity contribution in [3.05, 3.63) is 85.1 Å². The van der Waals surface area contributed by atoms with Crippen molar-refractivity contribution in [2.45, 2.75) is 176 Å². The van der Waals surface area contributed by atoms with Crippen LogP contribution >= 0.6 is 0 Å². The van der Waals surface area contributed by atoms with Crippen molar-refractivity contribution in [3.8, 4) is 0 Å². The van der Waals surface area contributed by atoms with Crippen LogP contribution in [-0.4, -0.2) is 180 Å². The first-order valence-electron chi connectivity index (χ1n) is 23.9. The third-order valence-electron chi connectivity index (χ3n) is 12.0. The van der Waals surface area contributed by atoms with E-state index in [1.807, 2.05) is 0 Å². The first-order valence-corrected chi connectivity index (χ1v) is 23.9. The number of carbonyl (C=O) groups excluding carboxylic acids is 2. The van der Waals surface area contributed by atoms with Crippen LogP contribution in [0, 0.1) is 11.8 Å². The molecule has 5 unspecified atom stereocenters. The number of nitrogens with two attached hydrogens (primary N) is 1. The van der Waals surface area contributed by atoms with Crippen LogP contribution in [0.3, 0.4) is 0 Å². The topological polar surface area (TPSA) is 321 Å². The molecule has 2 bridgehead atoms. The zero-order valence-electron chi connectivity index (χ0n) is 40.1. The van der Waals surface area contributed by atoms with Crippen molar-refractivity contribution in [2.75, 3.05) is 19.8 Å². The quantitative estimate of drug-likeness (QED) is 0.125. The van der Waals surface area contributed by atoms with E-state index in [4.69, 9.17) is 24.7 Å². The standard InChI is InChI=1S/C49H75F3N2O17/c1-30-16-13-11-9-7-5-3-4-6-8-10-12-14-17-35(70-47-45(64)44(53)40(62)29-67-47)26-41-43(46(65)54-20-15-21-68-49(50,51)52)39(61)28-48(66,71-41)27-34(57)24-38(60)36(58)19-18-32(55)23-33(56)25-42(63)69-31(2)22-37(30)59/h3-14,16-17,30-41,43-45,47,55-62,64,66H,15,18-29,53H2,1-2H3,(H,54,65)/b4-3+,7-5+,8-6+,11-9+,12-10+,16-13+,17-14+/t30-,31-,32?,33?,34?,35-,36?,37-,38?,39-,40+,41-,43+,44-,45-,47-,48+/m0/s1. The number of allylic oxidation sites excluding steroid dienone is 12. The number of hydrogen-bond donors (Lipinski definition) is 12. The second-order valence-corrected chi connectivity index (χ2v) is 18.3. The lowest BCUT2D eigenvalue weighted by Gasteiger charge is -2.45. The number of amides is 1. The largest absolute Gasteiger partial charge is 0.522 e. The number of nitrogens with one attached hydrogen (secondary N) is 1. The van der Waals surface area contributed by atoms with E-state index in [0.29, 0.717) is 0 Å². The highest BCUT2D eigenvalue weighted by molar-refractivity contribution is 5.80.